The lowest BCUT2D eigenvalue weighted by Gasteiger charge is -2.10. The van der Waals surface area contributed by atoms with E-state index < -0.39 is 0 Å². The van der Waals surface area contributed by atoms with Crippen LogP contribution in [0.25, 0.3) is 10.9 Å². The van der Waals surface area contributed by atoms with Crippen molar-refractivity contribution >= 4 is 10.9 Å². The van der Waals surface area contributed by atoms with Crippen molar-refractivity contribution in [3.8, 4) is 0 Å². The summed E-state index contributed by atoms with van der Waals surface area (Å²) in [7, 11) is 0. The van der Waals surface area contributed by atoms with Crippen LogP contribution in [0.1, 0.15) is 51.5 Å². The fourth-order valence-electron chi connectivity index (χ4n) is 2.82. The maximum atomic E-state index is 3.44. The quantitative estimate of drug-likeness (QED) is 0.653. The van der Waals surface area contributed by atoms with Crippen molar-refractivity contribution in [3.05, 3.63) is 36.0 Å². The smallest absolute Gasteiger partial charge is 0.0525 e. The van der Waals surface area contributed by atoms with E-state index in [1.807, 2.05) is 0 Å². The largest absolute Gasteiger partial charge is 0.347 e. The molecule has 0 aliphatic carbocycles. The Kier molecular flexibility index (Phi) is 6.13. The van der Waals surface area contributed by atoms with Gasteiger partial charge in [0.25, 0.3) is 0 Å². The molecule has 0 fully saturated rings. The highest BCUT2D eigenvalue weighted by Gasteiger charge is 2.05. The van der Waals surface area contributed by atoms with Gasteiger partial charge in [-0.3, -0.25) is 0 Å². The van der Waals surface area contributed by atoms with Crippen molar-refractivity contribution in [1.29, 1.82) is 0 Å². The number of nitrogens with one attached hydrogen (secondary N) is 1. The molecule has 20 heavy (non-hydrogen) atoms. The number of fused-ring (bicyclic) bond motifs is 1. The zero-order chi connectivity index (χ0) is 14.2. The van der Waals surface area contributed by atoms with E-state index in [1.54, 1.807) is 0 Å². The molecule has 0 aliphatic heterocycles. The lowest BCUT2D eigenvalue weighted by molar-refractivity contribution is 0.576. The van der Waals surface area contributed by atoms with Gasteiger partial charge in [-0.2, -0.15) is 0 Å². The Morgan fingerprint density at radius 2 is 1.85 bits per heavy atom. The van der Waals surface area contributed by atoms with Crippen LogP contribution in [-0.2, 0) is 13.1 Å². The molecule has 2 aromatic rings. The zero-order valence-electron chi connectivity index (χ0n) is 13.0. The van der Waals surface area contributed by atoms with Gasteiger partial charge >= 0.3 is 0 Å². The molecule has 0 radical (unpaired) electrons. The van der Waals surface area contributed by atoms with Gasteiger partial charge in [0.2, 0.25) is 0 Å². The summed E-state index contributed by atoms with van der Waals surface area (Å²) in [6.45, 7) is 7.57. The second kappa shape index (κ2) is 8.11. The molecule has 0 amide bonds. The molecule has 2 heteroatoms. The molecule has 110 valence electrons. The molecular weight excluding hydrogens is 244 g/mol. The van der Waals surface area contributed by atoms with Gasteiger partial charge in [-0.25, -0.2) is 0 Å². The summed E-state index contributed by atoms with van der Waals surface area (Å²) in [6, 6.07) is 8.88. The molecule has 2 nitrogen and oxygen atoms in total. The monoisotopic (exact) mass is 272 g/mol. The molecule has 2 rings (SSSR count). The number of para-hydroxylation sites is 1. The molecule has 0 aliphatic rings. The minimum Gasteiger partial charge on any atom is -0.347 e. The topological polar surface area (TPSA) is 17.0 Å². The van der Waals surface area contributed by atoms with E-state index >= 15 is 0 Å². The van der Waals surface area contributed by atoms with Crippen LogP contribution in [0, 0.1) is 0 Å². The maximum absolute atomic E-state index is 3.44. The average molecular weight is 272 g/mol. The minimum absolute atomic E-state index is 0.966. The summed E-state index contributed by atoms with van der Waals surface area (Å²) < 4.78 is 2.44. The number of hydrogen-bond acceptors (Lipinski definition) is 1. The van der Waals surface area contributed by atoms with E-state index in [1.165, 1.54) is 48.6 Å². The van der Waals surface area contributed by atoms with Gasteiger partial charge in [-0.1, -0.05) is 57.7 Å². The first kappa shape index (κ1) is 15.1. The van der Waals surface area contributed by atoms with Crippen molar-refractivity contribution in [2.45, 2.75) is 59.0 Å². The van der Waals surface area contributed by atoms with Crippen LogP contribution in [0.15, 0.2) is 30.5 Å². The molecular formula is C18H28N2. The second-order valence-electron chi connectivity index (χ2n) is 5.56. The Balaban J connectivity index is 2.04. The van der Waals surface area contributed by atoms with Crippen LogP contribution in [0.3, 0.4) is 0 Å². The molecule has 0 spiro atoms. The molecule has 0 bridgehead atoms. The van der Waals surface area contributed by atoms with Gasteiger partial charge in [-0.05, 0) is 30.0 Å². The third-order valence-electron chi connectivity index (χ3n) is 3.94. The first-order chi connectivity index (χ1) is 9.86. The van der Waals surface area contributed by atoms with E-state index in [9.17, 15) is 0 Å². The van der Waals surface area contributed by atoms with Gasteiger partial charge < -0.3 is 9.88 Å². The Hall–Kier alpha value is -1.28. The van der Waals surface area contributed by atoms with Crippen molar-refractivity contribution < 1.29 is 0 Å². The molecule has 1 aromatic heterocycles. The first-order valence-corrected chi connectivity index (χ1v) is 8.14. The summed E-state index contributed by atoms with van der Waals surface area (Å²) in [5.74, 6) is 0. The van der Waals surface area contributed by atoms with Gasteiger partial charge in [0, 0.05) is 19.3 Å². The number of rotatable bonds is 9. The Morgan fingerprint density at radius 3 is 2.65 bits per heavy atom. The van der Waals surface area contributed by atoms with E-state index in [4.69, 9.17) is 0 Å². The Bertz CT molecular complexity index is 513. The fraction of sp³-hybridized carbons (Fsp3) is 0.556. The van der Waals surface area contributed by atoms with Gasteiger partial charge in [0.05, 0.1) is 5.52 Å². The Labute approximate surface area is 123 Å². The molecule has 0 unspecified atom stereocenters. The highest BCUT2D eigenvalue weighted by atomic mass is 15.0. The number of benzene rings is 1. The molecule has 0 saturated carbocycles. The maximum Gasteiger partial charge on any atom is 0.0525 e. The molecule has 0 saturated heterocycles. The Morgan fingerprint density at radius 1 is 1.00 bits per heavy atom. The summed E-state index contributed by atoms with van der Waals surface area (Å²) in [5.41, 5.74) is 2.84. The van der Waals surface area contributed by atoms with Crippen LogP contribution < -0.4 is 5.32 Å². The highest BCUT2D eigenvalue weighted by Crippen LogP contribution is 2.21. The summed E-state index contributed by atoms with van der Waals surface area (Å²) in [5, 5.41) is 4.81. The van der Waals surface area contributed by atoms with E-state index in [0.717, 1.165) is 19.6 Å². The normalized spacial score (nSPS) is 11.3. The first-order valence-electron chi connectivity index (χ1n) is 8.14. The van der Waals surface area contributed by atoms with Crippen molar-refractivity contribution in [1.82, 2.24) is 9.88 Å². The lowest BCUT2D eigenvalue weighted by atomic mass is 10.1. The van der Waals surface area contributed by atoms with Crippen molar-refractivity contribution in [3.63, 3.8) is 0 Å². The SMILES string of the molecule is CCCCCCCn1ccc2cccc(CNCC)c21. The van der Waals surface area contributed by atoms with Crippen LogP contribution >= 0.6 is 0 Å². The fourth-order valence-corrected chi connectivity index (χ4v) is 2.82. The molecule has 0 atom stereocenters. The number of nitrogens with zero attached hydrogens (tertiary/aromatic N) is 1. The van der Waals surface area contributed by atoms with Crippen molar-refractivity contribution in [2.24, 2.45) is 0 Å². The number of hydrogen-bond donors (Lipinski definition) is 1. The average Bonchev–Trinajstić information content (AvgIpc) is 2.89. The van der Waals surface area contributed by atoms with Crippen LogP contribution in [-0.4, -0.2) is 11.1 Å². The van der Waals surface area contributed by atoms with Crippen LogP contribution in [0.4, 0.5) is 0 Å². The second-order valence-corrected chi connectivity index (χ2v) is 5.56. The minimum atomic E-state index is 0.966. The summed E-state index contributed by atoms with van der Waals surface area (Å²) >= 11 is 0. The molecule has 1 N–H and O–H groups in total. The third kappa shape index (κ3) is 3.86. The standard InChI is InChI=1S/C18H28N2/c1-3-5-6-7-8-13-20-14-12-16-10-9-11-17(18(16)20)15-19-4-2/h9-12,14,19H,3-8,13,15H2,1-2H3. The number of aromatic nitrogens is 1. The predicted octanol–water partition coefficient (Wildman–Crippen LogP) is 4.72. The van der Waals surface area contributed by atoms with E-state index in [-0.39, 0.29) is 0 Å². The predicted molar refractivity (Wildman–Crippen MR) is 88.1 cm³/mol. The molecule has 1 aromatic carbocycles. The van der Waals surface area contributed by atoms with Gasteiger partial charge in [0.15, 0.2) is 0 Å². The summed E-state index contributed by atoms with van der Waals surface area (Å²) in [4.78, 5) is 0. The van der Waals surface area contributed by atoms with Crippen LogP contribution in [0.5, 0.6) is 0 Å². The molecule has 1 heterocycles. The van der Waals surface area contributed by atoms with Gasteiger partial charge in [-0.15, -0.1) is 0 Å². The van der Waals surface area contributed by atoms with Crippen LogP contribution in [0.2, 0.25) is 0 Å². The zero-order valence-corrected chi connectivity index (χ0v) is 13.0. The number of aryl methyl sites for hydroxylation is 1. The van der Waals surface area contributed by atoms with E-state index in [2.05, 4.69) is 54.2 Å². The lowest BCUT2D eigenvalue weighted by Crippen LogP contribution is -2.12. The number of unbranched alkanes of at least 4 members (excludes halogenated alkanes) is 4. The van der Waals surface area contributed by atoms with E-state index in [0.29, 0.717) is 0 Å². The van der Waals surface area contributed by atoms with Crippen molar-refractivity contribution in [2.75, 3.05) is 6.54 Å². The summed E-state index contributed by atoms with van der Waals surface area (Å²) in [6.07, 6.45) is 8.96. The highest BCUT2D eigenvalue weighted by molar-refractivity contribution is 5.83. The van der Waals surface area contributed by atoms with Gasteiger partial charge in [0.1, 0.15) is 0 Å². The third-order valence-corrected chi connectivity index (χ3v) is 3.94.